The van der Waals surface area contributed by atoms with Crippen LogP contribution in [0.1, 0.15) is 11.5 Å². The molecule has 1 aliphatic rings. The fraction of sp³-hybridized carbons (Fsp3) is 0.188. The Kier molecular flexibility index (Phi) is 4.16. The average Bonchev–Trinajstić information content (AvgIpc) is 3.25. The number of benzene rings is 2. The van der Waals surface area contributed by atoms with Gasteiger partial charge in [-0.3, -0.25) is 0 Å². The molecule has 7 heteroatoms. The smallest absolute Gasteiger partial charge is 0.182 e. The highest BCUT2D eigenvalue weighted by Gasteiger charge is 2.60. The molecule has 3 nitrogen and oxygen atoms in total. The van der Waals surface area contributed by atoms with Gasteiger partial charge < -0.3 is 5.73 Å². The molecule has 2 N–H and O–H groups in total. The molecule has 0 aliphatic heterocycles. The molecule has 0 unspecified atom stereocenters. The van der Waals surface area contributed by atoms with Crippen molar-refractivity contribution in [3.8, 4) is 0 Å². The lowest BCUT2D eigenvalue weighted by Crippen LogP contribution is -2.17. The van der Waals surface area contributed by atoms with Crippen LogP contribution < -0.4 is 5.73 Å². The van der Waals surface area contributed by atoms with E-state index in [-0.39, 0.29) is 21.6 Å². The Bertz CT molecular complexity index is 851. The van der Waals surface area contributed by atoms with Crippen molar-refractivity contribution in [1.82, 2.24) is 0 Å². The number of hydrogen-bond acceptors (Lipinski definition) is 3. The van der Waals surface area contributed by atoms with Crippen LogP contribution in [-0.4, -0.2) is 18.7 Å². The second kappa shape index (κ2) is 5.85. The molecule has 2 aromatic rings. The molecule has 0 spiro atoms. The van der Waals surface area contributed by atoms with E-state index in [0.29, 0.717) is 10.6 Å². The van der Waals surface area contributed by atoms with Crippen molar-refractivity contribution in [2.75, 3.05) is 0 Å². The average molecular weight is 370 g/mol. The van der Waals surface area contributed by atoms with Crippen LogP contribution in [0.15, 0.2) is 53.4 Å². The van der Waals surface area contributed by atoms with Crippen LogP contribution in [0.25, 0.3) is 0 Å². The third kappa shape index (κ3) is 2.98. The summed E-state index contributed by atoms with van der Waals surface area (Å²) in [5.74, 6) is -1.18. The summed E-state index contributed by atoms with van der Waals surface area (Å²) in [5.41, 5.74) is 6.43. The number of thiocarbonyl (C=S) groups is 1. The van der Waals surface area contributed by atoms with Gasteiger partial charge in [-0.2, -0.15) is 0 Å². The van der Waals surface area contributed by atoms with E-state index in [2.05, 4.69) is 0 Å². The fourth-order valence-electron chi connectivity index (χ4n) is 2.87. The number of nitrogens with two attached hydrogens (primary N) is 1. The molecular formula is C16H13ClFNO2S2. The first-order valence-corrected chi connectivity index (χ1v) is 9.20. The summed E-state index contributed by atoms with van der Waals surface area (Å²) in [4.78, 5) is 0.333. The molecule has 0 saturated heterocycles. The molecule has 1 fully saturated rings. The van der Waals surface area contributed by atoms with Crippen LogP contribution in [-0.2, 0) is 9.84 Å². The van der Waals surface area contributed by atoms with E-state index in [1.54, 1.807) is 12.1 Å². The van der Waals surface area contributed by atoms with Crippen molar-refractivity contribution >= 4 is 38.6 Å². The van der Waals surface area contributed by atoms with Gasteiger partial charge in [-0.25, -0.2) is 12.8 Å². The van der Waals surface area contributed by atoms with Crippen molar-refractivity contribution in [1.29, 1.82) is 0 Å². The van der Waals surface area contributed by atoms with Crippen LogP contribution in [0.2, 0.25) is 5.02 Å². The summed E-state index contributed by atoms with van der Waals surface area (Å²) in [6.07, 6.45) is 0. The first kappa shape index (κ1) is 16.4. The minimum atomic E-state index is -3.60. The molecule has 1 aliphatic carbocycles. The van der Waals surface area contributed by atoms with Crippen molar-refractivity contribution < 1.29 is 12.8 Å². The van der Waals surface area contributed by atoms with Gasteiger partial charge >= 0.3 is 0 Å². The molecule has 0 aromatic heterocycles. The molecule has 0 amide bonds. The van der Waals surface area contributed by atoms with Crippen LogP contribution in [0.3, 0.4) is 0 Å². The maximum atomic E-state index is 13.1. The molecule has 0 radical (unpaired) electrons. The van der Waals surface area contributed by atoms with Gasteiger partial charge in [0.05, 0.1) is 15.1 Å². The third-order valence-corrected chi connectivity index (χ3v) is 6.79. The Labute approximate surface area is 144 Å². The minimum absolute atomic E-state index is 0.155. The van der Waals surface area contributed by atoms with Crippen LogP contribution in [0.5, 0.6) is 0 Å². The molecule has 0 bridgehead atoms. The second-order valence-electron chi connectivity index (χ2n) is 5.47. The van der Waals surface area contributed by atoms with E-state index in [1.807, 2.05) is 0 Å². The quantitative estimate of drug-likeness (QED) is 0.840. The molecule has 1 saturated carbocycles. The van der Waals surface area contributed by atoms with Crippen LogP contribution in [0.4, 0.5) is 4.39 Å². The number of hydrogen-bond donors (Lipinski definition) is 1. The van der Waals surface area contributed by atoms with Gasteiger partial charge in [0, 0.05) is 16.9 Å². The first-order chi connectivity index (χ1) is 10.8. The summed E-state index contributed by atoms with van der Waals surface area (Å²) in [7, 11) is -3.60. The Hall–Kier alpha value is -1.50. The fourth-order valence-corrected chi connectivity index (χ4v) is 5.53. The Morgan fingerprint density at radius 3 is 2.17 bits per heavy atom. The molecule has 3 rings (SSSR count). The summed E-state index contributed by atoms with van der Waals surface area (Å²) in [6, 6.07) is 11.7. The van der Waals surface area contributed by atoms with E-state index in [9.17, 15) is 12.8 Å². The topological polar surface area (TPSA) is 60.2 Å². The Morgan fingerprint density at radius 1 is 1.09 bits per heavy atom. The molecule has 3 atom stereocenters. The lowest BCUT2D eigenvalue weighted by molar-refractivity contribution is 0.593. The van der Waals surface area contributed by atoms with Gasteiger partial charge in [0.15, 0.2) is 9.84 Å². The second-order valence-corrected chi connectivity index (χ2v) is 8.48. The number of halogens is 2. The standard InChI is InChI=1S/C16H13ClFNO2S2/c17-10-3-7-12(8-4-10)23(20,21)15-13(14(15)16(19)22)9-1-5-11(18)6-2-9/h1-8,13-15H,(H2,19,22)/t13-,14-,15-/m1/s1. The maximum Gasteiger partial charge on any atom is 0.182 e. The van der Waals surface area contributed by atoms with Gasteiger partial charge in [0.1, 0.15) is 5.82 Å². The summed E-state index contributed by atoms with van der Waals surface area (Å²) >= 11 is 10.8. The highest BCUT2D eigenvalue weighted by molar-refractivity contribution is 7.92. The monoisotopic (exact) mass is 369 g/mol. The SMILES string of the molecule is NC(=S)[C@@H]1[C@@H](c2ccc(F)cc2)[C@H]1S(=O)(=O)c1ccc(Cl)cc1. The van der Waals surface area contributed by atoms with Crippen molar-refractivity contribution in [3.63, 3.8) is 0 Å². The van der Waals surface area contributed by atoms with E-state index in [4.69, 9.17) is 29.6 Å². The summed E-state index contributed by atoms with van der Waals surface area (Å²) < 4.78 is 38.8. The lowest BCUT2D eigenvalue weighted by atomic mass is 10.1. The van der Waals surface area contributed by atoms with Gasteiger partial charge in [-0.05, 0) is 42.0 Å². The van der Waals surface area contributed by atoms with Gasteiger partial charge in [0.25, 0.3) is 0 Å². The Morgan fingerprint density at radius 2 is 1.65 bits per heavy atom. The predicted octanol–water partition coefficient (Wildman–Crippen LogP) is 3.32. The highest BCUT2D eigenvalue weighted by atomic mass is 35.5. The largest absolute Gasteiger partial charge is 0.393 e. The van der Waals surface area contributed by atoms with Crippen LogP contribution >= 0.6 is 23.8 Å². The predicted molar refractivity (Wildman–Crippen MR) is 91.8 cm³/mol. The molecule has 120 valence electrons. The Balaban J connectivity index is 1.98. The van der Waals surface area contributed by atoms with E-state index in [0.717, 1.165) is 0 Å². The molecule has 23 heavy (non-hydrogen) atoms. The number of sulfone groups is 1. The molecular weight excluding hydrogens is 357 g/mol. The zero-order valence-electron chi connectivity index (χ0n) is 11.8. The summed E-state index contributed by atoms with van der Waals surface area (Å²) in [5, 5.41) is -0.271. The van der Waals surface area contributed by atoms with Gasteiger partial charge in [-0.15, -0.1) is 0 Å². The zero-order valence-corrected chi connectivity index (χ0v) is 14.2. The highest BCUT2D eigenvalue weighted by Crippen LogP contribution is 2.54. The molecule has 0 heterocycles. The van der Waals surface area contributed by atoms with Crippen molar-refractivity contribution in [2.24, 2.45) is 11.7 Å². The van der Waals surface area contributed by atoms with E-state index < -0.39 is 21.0 Å². The summed E-state index contributed by atoms with van der Waals surface area (Å²) in [6.45, 7) is 0. The van der Waals surface area contributed by atoms with E-state index >= 15 is 0 Å². The lowest BCUT2D eigenvalue weighted by Gasteiger charge is -2.04. The van der Waals surface area contributed by atoms with Crippen molar-refractivity contribution in [2.45, 2.75) is 16.1 Å². The number of rotatable bonds is 4. The zero-order chi connectivity index (χ0) is 16.8. The van der Waals surface area contributed by atoms with E-state index in [1.165, 1.54) is 36.4 Å². The minimum Gasteiger partial charge on any atom is -0.393 e. The van der Waals surface area contributed by atoms with Crippen LogP contribution in [0, 0.1) is 11.7 Å². The first-order valence-electron chi connectivity index (χ1n) is 6.86. The van der Waals surface area contributed by atoms with Crippen molar-refractivity contribution in [3.05, 3.63) is 64.9 Å². The van der Waals surface area contributed by atoms with Gasteiger partial charge in [0.2, 0.25) is 0 Å². The normalized spacial score (nSPS) is 23.5. The molecule has 2 aromatic carbocycles. The maximum absolute atomic E-state index is 13.1. The van der Waals surface area contributed by atoms with Gasteiger partial charge in [-0.1, -0.05) is 36.0 Å². The third-order valence-electron chi connectivity index (χ3n) is 4.04.